The highest BCUT2D eigenvalue weighted by Crippen LogP contribution is 2.20. The Balaban J connectivity index is 1.55. The van der Waals surface area contributed by atoms with Gasteiger partial charge in [-0.25, -0.2) is 0 Å². The smallest absolute Gasteiger partial charge is 0.269 e. The number of benzene rings is 2. The third kappa shape index (κ3) is 5.72. The van der Waals surface area contributed by atoms with Crippen molar-refractivity contribution < 1.29 is 9.53 Å². The molecule has 1 aromatic heterocycles. The van der Waals surface area contributed by atoms with Crippen molar-refractivity contribution in [3.05, 3.63) is 78.1 Å². The van der Waals surface area contributed by atoms with Gasteiger partial charge in [-0.3, -0.25) is 9.78 Å². The fourth-order valence-electron chi connectivity index (χ4n) is 2.85. The van der Waals surface area contributed by atoms with Crippen LogP contribution in [0.3, 0.4) is 0 Å². The van der Waals surface area contributed by atoms with E-state index in [-0.39, 0.29) is 5.91 Å². The molecule has 0 unspecified atom stereocenters. The van der Waals surface area contributed by atoms with Gasteiger partial charge in [0, 0.05) is 43.9 Å². The maximum absolute atomic E-state index is 12.4. The number of methoxy groups -OCH3 is 1. The molecule has 0 atom stereocenters. The number of hydrogen-bond donors (Lipinski definition) is 2. The van der Waals surface area contributed by atoms with Crippen LogP contribution < -0.4 is 20.3 Å². The molecule has 0 aliphatic carbocycles. The number of anilines is 3. The second-order valence-electron chi connectivity index (χ2n) is 6.85. The molecule has 0 bridgehead atoms. The lowest BCUT2D eigenvalue weighted by Gasteiger charge is -2.13. The van der Waals surface area contributed by atoms with E-state index < -0.39 is 0 Å². The zero-order chi connectivity index (χ0) is 20.6. The molecule has 0 saturated heterocycles. The topological polar surface area (TPSA) is 66.5 Å². The molecule has 0 spiro atoms. The summed E-state index contributed by atoms with van der Waals surface area (Å²) in [6.45, 7) is 0.538. The SMILES string of the molecule is COc1ccc(CCNC(=O)c2cc(Nc3ccc(N(C)C)cc3)ccn2)cc1. The summed E-state index contributed by atoms with van der Waals surface area (Å²) in [7, 11) is 5.65. The van der Waals surface area contributed by atoms with Crippen molar-refractivity contribution in [1.82, 2.24) is 10.3 Å². The summed E-state index contributed by atoms with van der Waals surface area (Å²) in [6.07, 6.45) is 2.38. The number of pyridine rings is 1. The van der Waals surface area contributed by atoms with Crippen LogP contribution in [0.2, 0.25) is 0 Å². The number of nitrogens with one attached hydrogen (secondary N) is 2. The average Bonchev–Trinajstić information content (AvgIpc) is 2.75. The third-order valence-corrected chi connectivity index (χ3v) is 4.52. The van der Waals surface area contributed by atoms with E-state index in [4.69, 9.17) is 4.74 Å². The first-order chi connectivity index (χ1) is 14.0. The molecule has 1 amide bonds. The van der Waals surface area contributed by atoms with E-state index in [1.807, 2.05) is 73.6 Å². The largest absolute Gasteiger partial charge is 0.497 e. The molecule has 0 radical (unpaired) electrons. The quantitative estimate of drug-likeness (QED) is 0.611. The van der Waals surface area contributed by atoms with Gasteiger partial charge in [-0.1, -0.05) is 12.1 Å². The summed E-state index contributed by atoms with van der Waals surface area (Å²) in [6, 6.07) is 19.5. The van der Waals surface area contributed by atoms with Crippen molar-refractivity contribution in [2.75, 3.05) is 38.0 Å². The van der Waals surface area contributed by atoms with Crippen LogP contribution in [0.1, 0.15) is 16.1 Å². The number of rotatable bonds is 8. The van der Waals surface area contributed by atoms with Crippen molar-refractivity contribution >= 4 is 23.0 Å². The Kier molecular flexibility index (Phi) is 6.68. The van der Waals surface area contributed by atoms with Gasteiger partial charge in [-0.2, -0.15) is 0 Å². The van der Waals surface area contributed by atoms with Crippen LogP contribution in [0.15, 0.2) is 66.9 Å². The molecule has 6 nitrogen and oxygen atoms in total. The number of amides is 1. The maximum Gasteiger partial charge on any atom is 0.269 e. The molecule has 0 aliphatic heterocycles. The minimum absolute atomic E-state index is 0.190. The molecule has 29 heavy (non-hydrogen) atoms. The van der Waals surface area contributed by atoms with Crippen molar-refractivity contribution in [1.29, 1.82) is 0 Å². The van der Waals surface area contributed by atoms with Gasteiger partial charge in [0.25, 0.3) is 5.91 Å². The molecule has 2 aromatic carbocycles. The zero-order valence-electron chi connectivity index (χ0n) is 17.0. The van der Waals surface area contributed by atoms with E-state index in [9.17, 15) is 4.79 Å². The van der Waals surface area contributed by atoms with E-state index in [1.165, 1.54) is 0 Å². The van der Waals surface area contributed by atoms with E-state index >= 15 is 0 Å². The van der Waals surface area contributed by atoms with Crippen LogP contribution in [-0.2, 0) is 6.42 Å². The highest BCUT2D eigenvalue weighted by Gasteiger charge is 2.08. The molecule has 0 fully saturated rings. The first kappa shape index (κ1) is 20.2. The first-order valence-corrected chi connectivity index (χ1v) is 9.47. The number of carbonyl (C=O) groups excluding carboxylic acids is 1. The van der Waals surface area contributed by atoms with E-state index in [0.717, 1.165) is 34.8 Å². The number of ether oxygens (including phenoxy) is 1. The Morgan fingerprint density at radius 1 is 1.00 bits per heavy atom. The Morgan fingerprint density at radius 3 is 2.38 bits per heavy atom. The first-order valence-electron chi connectivity index (χ1n) is 9.47. The Bertz CT molecular complexity index is 938. The number of hydrogen-bond acceptors (Lipinski definition) is 5. The molecule has 2 N–H and O–H groups in total. The highest BCUT2D eigenvalue weighted by atomic mass is 16.5. The summed E-state index contributed by atoms with van der Waals surface area (Å²) < 4.78 is 5.15. The van der Waals surface area contributed by atoms with Gasteiger partial charge in [-0.15, -0.1) is 0 Å². The van der Waals surface area contributed by atoms with Gasteiger partial charge in [-0.05, 0) is 60.5 Å². The van der Waals surface area contributed by atoms with Crippen LogP contribution in [0, 0.1) is 0 Å². The standard InChI is InChI=1S/C23H26N4O2/c1-27(2)20-8-6-18(7-9-20)26-19-13-15-24-22(16-19)23(28)25-14-12-17-4-10-21(29-3)11-5-17/h4-11,13,15-16H,12,14H2,1-3H3,(H,24,26)(H,25,28). The molecular formula is C23H26N4O2. The molecule has 150 valence electrons. The average molecular weight is 390 g/mol. The van der Waals surface area contributed by atoms with Crippen LogP contribution in [0.5, 0.6) is 5.75 Å². The van der Waals surface area contributed by atoms with E-state index in [0.29, 0.717) is 12.2 Å². The van der Waals surface area contributed by atoms with Crippen LogP contribution >= 0.6 is 0 Å². The van der Waals surface area contributed by atoms with Gasteiger partial charge >= 0.3 is 0 Å². The lowest BCUT2D eigenvalue weighted by molar-refractivity contribution is 0.0949. The number of nitrogens with zero attached hydrogens (tertiary/aromatic N) is 2. The van der Waals surface area contributed by atoms with E-state index in [2.05, 4.69) is 15.6 Å². The summed E-state index contributed by atoms with van der Waals surface area (Å²) in [5.41, 5.74) is 4.41. The third-order valence-electron chi connectivity index (χ3n) is 4.52. The van der Waals surface area contributed by atoms with Gasteiger partial charge in [0.15, 0.2) is 0 Å². The summed E-state index contributed by atoms with van der Waals surface area (Å²) in [5, 5.41) is 6.23. The van der Waals surface area contributed by atoms with Gasteiger partial charge in [0.2, 0.25) is 0 Å². The van der Waals surface area contributed by atoms with Crippen LogP contribution in [-0.4, -0.2) is 38.6 Å². The fraction of sp³-hybridized carbons (Fsp3) is 0.217. The van der Waals surface area contributed by atoms with Crippen LogP contribution in [0.4, 0.5) is 17.1 Å². The summed E-state index contributed by atoms with van der Waals surface area (Å²) >= 11 is 0. The van der Waals surface area contributed by atoms with Crippen molar-refractivity contribution in [2.45, 2.75) is 6.42 Å². The predicted molar refractivity (Wildman–Crippen MR) is 117 cm³/mol. The second-order valence-corrected chi connectivity index (χ2v) is 6.85. The molecule has 3 rings (SSSR count). The lowest BCUT2D eigenvalue weighted by atomic mass is 10.1. The minimum Gasteiger partial charge on any atom is -0.497 e. The molecule has 6 heteroatoms. The molecular weight excluding hydrogens is 364 g/mol. The number of carbonyl (C=O) groups is 1. The van der Waals surface area contributed by atoms with E-state index in [1.54, 1.807) is 19.4 Å². The van der Waals surface area contributed by atoms with Gasteiger partial charge in [0.1, 0.15) is 11.4 Å². The second kappa shape index (κ2) is 9.59. The molecule has 1 heterocycles. The predicted octanol–water partition coefficient (Wildman–Crippen LogP) is 3.87. The van der Waals surface area contributed by atoms with Crippen LogP contribution in [0.25, 0.3) is 0 Å². The summed E-state index contributed by atoms with van der Waals surface area (Å²) in [4.78, 5) is 18.7. The molecule has 0 aliphatic rings. The minimum atomic E-state index is -0.190. The number of aromatic nitrogens is 1. The molecule has 0 saturated carbocycles. The highest BCUT2D eigenvalue weighted by molar-refractivity contribution is 5.93. The molecule has 3 aromatic rings. The zero-order valence-corrected chi connectivity index (χ0v) is 17.0. The monoisotopic (exact) mass is 390 g/mol. The Morgan fingerprint density at radius 2 is 1.72 bits per heavy atom. The Hall–Kier alpha value is -3.54. The maximum atomic E-state index is 12.4. The fourth-order valence-corrected chi connectivity index (χ4v) is 2.85. The summed E-state index contributed by atoms with van der Waals surface area (Å²) in [5.74, 6) is 0.632. The lowest BCUT2D eigenvalue weighted by Crippen LogP contribution is -2.26. The van der Waals surface area contributed by atoms with Crippen molar-refractivity contribution in [3.8, 4) is 5.75 Å². The van der Waals surface area contributed by atoms with Gasteiger partial charge < -0.3 is 20.3 Å². The normalized spacial score (nSPS) is 10.3. The Labute approximate surface area is 171 Å². The van der Waals surface area contributed by atoms with Gasteiger partial charge in [0.05, 0.1) is 7.11 Å². The van der Waals surface area contributed by atoms with Crippen molar-refractivity contribution in [2.24, 2.45) is 0 Å². The van der Waals surface area contributed by atoms with Crippen molar-refractivity contribution in [3.63, 3.8) is 0 Å².